The summed E-state index contributed by atoms with van der Waals surface area (Å²) in [7, 11) is 0. The van der Waals surface area contributed by atoms with Crippen LogP contribution in [0.15, 0.2) is 66.2 Å². The third kappa shape index (κ3) is 4.07. The topological polar surface area (TPSA) is 66.8 Å². The van der Waals surface area contributed by atoms with Crippen LogP contribution in [0.1, 0.15) is 54.6 Å². The van der Waals surface area contributed by atoms with Gasteiger partial charge in [-0.1, -0.05) is 62.7 Å². The Bertz CT molecular complexity index is 1420. The number of anilines is 1. The Morgan fingerprint density at radius 3 is 2.42 bits per heavy atom. The van der Waals surface area contributed by atoms with Gasteiger partial charge in [0.15, 0.2) is 0 Å². The second-order valence-electron chi connectivity index (χ2n) is 10.4. The molecule has 3 aromatic carbocycles. The number of carbonyl (C=O) groups is 2. The lowest BCUT2D eigenvalue weighted by molar-refractivity contribution is -0.132. The highest BCUT2D eigenvalue weighted by Gasteiger charge is 2.47. The van der Waals surface area contributed by atoms with Crippen LogP contribution in [0.25, 0.3) is 5.76 Å². The molecular formula is C30H28ClNO4. The minimum absolute atomic E-state index is 0.0547. The van der Waals surface area contributed by atoms with E-state index in [0.717, 1.165) is 34.4 Å². The normalized spacial score (nSPS) is 18.9. The fourth-order valence-corrected chi connectivity index (χ4v) is 4.98. The van der Waals surface area contributed by atoms with Gasteiger partial charge >= 0.3 is 0 Å². The number of nitrogens with zero attached hydrogens (tertiary/aromatic N) is 1. The number of aryl methyl sites for hydroxylation is 1. The van der Waals surface area contributed by atoms with Crippen LogP contribution in [0.4, 0.5) is 5.69 Å². The zero-order valence-corrected chi connectivity index (χ0v) is 21.5. The molecule has 6 heteroatoms. The minimum atomic E-state index is -0.803. The number of amides is 1. The third-order valence-corrected chi connectivity index (χ3v) is 7.34. The fraction of sp³-hybridized carbons (Fsp3) is 0.267. The van der Waals surface area contributed by atoms with Gasteiger partial charge in [0, 0.05) is 22.7 Å². The van der Waals surface area contributed by atoms with Gasteiger partial charge in [0.2, 0.25) is 0 Å². The molecule has 5 rings (SSSR count). The van der Waals surface area contributed by atoms with Crippen molar-refractivity contribution in [3.8, 4) is 5.75 Å². The van der Waals surface area contributed by atoms with Crippen molar-refractivity contribution in [3.05, 3.63) is 99.1 Å². The first kappa shape index (κ1) is 24.1. The quantitative estimate of drug-likeness (QED) is 0.252. The molecule has 0 aromatic heterocycles. The van der Waals surface area contributed by atoms with Gasteiger partial charge in [-0.05, 0) is 64.9 Å². The number of ether oxygens (including phenoxy) is 1. The average molecular weight is 502 g/mol. The molecule has 36 heavy (non-hydrogen) atoms. The molecule has 1 unspecified atom stereocenters. The Morgan fingerprint density at radius 1 is 1.03 bits per heavy atom. The fourth-order valence-electron chi connectivity index (χ4n) is 4.80. The summed E-state index contributed by atoms with van der Waals surface area (Å²) in [5, 5.41) is 11.9. The first-order valence-electron chi connectivity index (χ1n) is 12.0. The van der Waals surface area contributed by atoms with Crippen LogP contribution in [0.5, 0.6) is 5.75 Å². The van der Waals surface area contributed by atoms with Crippen molar-refractivity contribution in [2.45, 2.75) is 45.6 Å². The van der Waals surface area contributed by atoms with Crippen LogP contribution in [-0.2, 0) is 21.4 Å². The maximum Gasteiger partial charge on any atom is 0.300 e. The first-order valence-corrected chi connectivity index (χ1v) is 12.4. The summed E-state index contributed by atoms with van der Waals surface area (Å²) in [6.07, 6.45) is 0.727. The van der Waals surface area contributed by atoms with Crippen LogP contribution in [-0.4, -0.2) is 23.4 Å². The monoisotopic (exact) mass is 501 g/mol. The highest BCUT2D eigenvalue weighted by molar-refractivity contribution is 6.51. The average Bonchev–Trinajstić information content (AvgIpc) is 3.42. The number of fused-ring (bicyclic) bond motifs is 1. The molecule has 2 heterocycles. The van der Waals surface area contributed by atoms with E-state index in [0.29, 0.717) is 22.9 Å². The molecule has 3 aromatic rings. The summed E-state index contributed by atoms with van der Waals surface area (Å²) in [6, 6.07) is 17.7. The van der Waals surface area contributed by atoms with E-state index in [1.54, 1.807) is 24.3 Å². The first-order chi connectivity index (χ1) is 17.1. The molecule has 5 nitrogen and oxygen atoms in total. The number of halogens is 1. The zero-order chi connectivity index (χ0) is 25.8. The molecule has 1 N–H and O–H groups in total. The molecule has 2 aliphatic heterocycles. The molecule has 184 valence electrons. The molecular weight excluding hydrogens is 474 g/mol. The minimum Gasteiger partial charge on any atom is -0.507 e. The maximum atomic E-state index is 13.4. The van der Waals surface area contributed by atoms with E-state index < -0.39 is 17.7 Å². The Labute approximate surface area is 216 Å². The summed E-state index contributed by atoms with van der Waals surface area (Å²) < 4.78 is 5.58. The largest absolute Gasteiger partial charge is 0.507 e. The number of aliphatic hydroxyl groups is 1. The van der Waals surface area contributed by atoms with Crippen LogP contribution >= 0.6 is 11.6 Å². The Morgan fingerprint density at radius 2 is 1.75 bits per heavy atom. The van der Waals surface area contributed by atoms with Crippen molar-refractivity contribution in [3.63, 3.8) is 0 Å². The molecule has 1 saturated heterocycles. The molecule has 0 spiro atoms. The van der Waals surface area contributed by atoms with Gasteiger partial charge < -0.3 is 9.84 Å². The smallest absolute Gasteiger partial charge is 0.300 e. The SMILES string of the molecule is Cc1ccc(N2C(=O)C(=O)/C(=C(\O)c3ccc4c(c3)CCO4)C2c2ccc(C(C)(C)C)cc2)cc1Cl. The number of hydrogen-bond donors (Lipinski definition) is 1. The highest BCUT2D eigenvalue weighted by atomic mass is 35.5. The summed E-state index contributed by atoms with van der Waals surface area (Å²) in [6.45, 7) is 8.83. The van der Waals surface area contributed by atoms with Gasteiger partial charge in [0.25, 0.3) is 11.7 Å². The molecule has 0 saturated carbocycles. The van der Waals surface area contributed by atoms with Crippen LogP contribution in [0.3, 0.4) is 0 Å². The van der Waals surface area contributed by atoms with Crippen LogP contribution in [0.2, 0.25) is 5.02 Å². The number of aliphatic hydroxyl groups excluding tert-OH is 1. The molecule has 0 bridgehead atoms. The van der Waals surface area contributed by atoms with Crippen molar-refractivity contribution in [2.75, 3.05) is 11.5 Å². The summed E-state index contributed by atoms with van der Waals surface area (Å²) in [5.41, 5.74) is 4.66. The highest BCUT2D eigenvalue weighted by Crippen LogP contribution is 2.43. The van der Waals surface area contributed by atoms with E-state index in [4.69, 9.17) is 16.3 Å². The number of Topliss-reactive ketones (excluding diaryl/α,β-unsaturated/α-hetero) is 1. The summed E-state index contributed by atoms with van der Waals surface area (Å²) >= 11 is 6.39. The van der Waals surface area contributed by atoms with Crippen LogP contribution in [0, 0.1) is 6.92 Å². The van der Waals surface area contributed by atoms with Gasteiger partial charge in [-0.3, -0.25) is 14.5 Å². The van der Waals surface area contributed by atoms with E-state index in [-0.39, 0.29) is 16.7 Å². The number of ketones is 1. The predicted molar refractivity (Wildman–Crippen MR) is 142 cm³/mol. The van der Waals surface area contributed by atoms with Crippen molar-refractivity contribution >= 4 is 34.7 Å². The number of carbonyl (C=O) groups excluding carboxylic acids is 2. The third-order valence-electron chi connectivity index (χ3n) is 6.93. The van der Waals surface area contributed by atoms with Gasteiger partial charge in [-0.15, -0.1) is 0 Å². The molecule has 1 amide bonds. The number of hydrogen-bond acceptors (Lipinski definition) is 4. The van der Waals surface area contributed by atoms with E-state index in [1.807, 2.05) is 43.3 Å². The molecule has 1 fully saturated rings. The predicted octanol–water partition coefficient (Wildman–Crippen LogP) is 6.51. The van der Waals surface area contributed by atoms with E-state index >= 15 is 0 Å². The second kappa shape index (κ2) is 8.82. The zero-order valence-electron chi connectivity index (χ0n) is 20.8. The standard InChI is InChI=1S/C30H28ClNO4/c1-17-5-11-22(16-23(17)31)32-26(18-6-9-21(10-7-18)30(2,3)4)25(28(34)29(32)35)27(33)20-8-12-24-19(15-20)13-14-36-24/h5-12,15-16,26,33H,13-14H2,1-4H3/b27-25-. The lowest BCUT2D eigenvalue weighted by Crippen LogP contribution is -2.29. The maximum absolute atomic E-state index is 13.4. The van der Waals surface area contributed by atoms with Crippen LogP contribution < -0.4 is 9.64 Å². The van der Waals surface area contributed by atoms with Gasteiger partial charge in [-0.2, -0.15) is 0 Å². The van der Waals surface area contributed by atoms with E-state index in [1.165, 1.54) is 4.90 Å². The molecule has 0 aliphatic carbocycles. The molecule has 0 radical (unpaired) electrons. The Kier molecular flexibility index (Phi) is 5.92. The number of benzene rings is 3. The summed E-state index contributed by atoms with van der Waals surface area (Å²) in [4.78, 5) is 28.3. The van der Waals surface area contributed by atoms with Crippen molar-refractivity contribution in [2.24, 2.45) is 0 Å². The van der Waals surface area contributed by atoms with Gasteiger partial charge in [0.05, 0.1) is 18.2 Å². The van der Waals surface area contributed by atoms with E-state index in [2.05, 4.69) is 20.8 Å². The second-order valence-corrected chi connectivity index (χ2v) is 10.8. The van der Waals surface area contributed by atoms with E-state index in [9.17, 15) is 14.7 Å². The molecule has 2 aliphatic rings. The Balaban J connectivity index is 1.70. The Hall–Kier alpha value is -3.57. The van der Waals surface area contributed by atoms with Crippen molar-refractivity contribution in [1.82, 2.24) is 0 Å². The lowest BCUT2D eigenvalue weighted by atomic mass is 9.85. The summed E-state index contributed by atoms with van der Waals surface area (Å²) in [5.74, 6) is -0.860. The lowest BCUT2D eigenvalue weighted by Gasteiger charge is -2.27. The van der Waals surface area contributed by atoms with Crippen molar-refractivity contribution < 1.29 is 19.4 Å². The number of rotatable bonds is 3. The van der Waals surface area contributed by atoms with Crippen molar-refractivity contribution in [1.29, 1.82) is 0 Å². The van der Waals surface area contributed by atoms with Gasteiger partial charge in [-0.25, -0.2) is 0 Å². The molecule has 1 atom stereocenters. The van der Waals surface area contributed by atoms with Gasteiger partial charge in [0.1, 0.15) is 11.5 Å².